The zero-order valence-corrected chi connectivity index (χ0v) is 11.7. The van der Waals surface area contributed by atoms with E-state index in [0.717, 1.165) is 5.56 Å². The van der Waals surface area contributed by atoms with Crippen LogP contribution in [0.2, 0.25) is 0 Å². The van der Waals surface area contributed by atoms with E-state index < -0.39 is 5.97 Å². The van der Waals surface area contributed by atoms with Gasteiger partial charge in [0.25, 0.3) is 5.91 Å². The molecule has 0 aliphatic rings. The van der Waals surface area contributed by atoms with Crippen LogP contribution in [0.25, 0.3) is 0 Å². The van der Waals surface area contributed by atoms with E-state index >= 15 is 0 Å². The lowest BCUT2D eigenvalue weighted by atomic mass is 10.0. The van der Waals surface area contributed by atoms with Crippen LogP contribution in [0, 0.1) is 0 Å². The smallest absolute Gasteiger partial charge is 0.336 e. The molecule has 21 heavy (non-hydrogen) atoms. The van der Waals surface area contributed by atoms with Crippen molar-refractivity contribution in [1.29, 1.82) is 0 Å². The number of rotatable bonds is 5. The molecular weight excluding hydrogens is 266 g/mol. The van der Waals surface area contributed by atoms with E-state index in [2.05, 4.69) is 5.32 Å². The second-order valence-electron chi connectivity index (χ2n) is 4.87. The Morgan fingerprint density at radius 2 is 1.57 bits per heavy atom. The number of carboxylic acids is 1. The van der Waals surface area contributed by atoms with Crippen molar-refractivity contribution in [3.8, 4) is 0 Å². The minimum atomic E-state index is -1.10. The normalized spacial score (nSPS) is 11.7. The van der Waals surface area contributed by atoms with Gasteiger partial charge in [0.15, 0.2) is 0 Å². The maximum atomic E-state index is 12.1. The summed E-state index contributed by atoms with van der Waals surface area (Å²) in [4.78, 5) is 23.2. The Hall–Kier alpha value is -2.62. The number of carbonyl (C=O) groups excluding carboxylic acids is 1. The SMILES string of the molecule is C[C@H](CNC(=O)c1ccccc1C(=O)O)c1ccccc1. The highest BCUT2D eigenvalue weighted by atomic mass is 16.4. The van der Waals surface area contributed by atoms with Gasteiger partial charge >= 0.3 is 5.97 Å². The first-order chi connectivity index (χ1) is 10.1. The fourth-order valence-electron chi connectivity index (χ4n) is 2.11. The molecule has 2 rings (SSSR count). The Labute approximate surface area is 123 Å². The summed E-state index contributed by atoms with van der Waals surface area (Å²) in [6.07, 6.45) is 0. The molecule has 0 aromatic heterocycles. The molecule has 0 saturated carbocycles. The molecule has 108 valence electrons. The first kappa shape index (κ1) is 14.8. The minimum Gasteiger partial charge on any atom is -0.478 e. The van der Waals surface area contributed by atoms with Gasteiger partial charge in [-0.05, 0) is 23.6 Å². The molecule has 0 saturated heterocycles. The fourth-order valence-corrected chi connectivity index (χ4v) is 2.11. The molecule has 0 unspecified atom stereocenters. The molecule has 1 atom stereocenters. The van der Waals surface area contributed by atoms with Crippen molar-refractivity contribution >= 4 is 11.9 Å². The quantitative estimate of drug-likeness (QED) is 0.886. The molecule has 0 aliphatic carbocycles. The van der Waals surface area contributed by atoms with Gasteiger partial charge in [0.1, 0.15) is 0 Å². The Morgan fingerprint density at radius 3 is 2.19 bits per heavy atom. The highest BCUT2D eigenvalue weighted by Crippen LogP contribution is 2.14. The van der Waals surface area contributed by atoms with Crippen LogP contribution in [0.15, 0.2) is 54.6 Å². The van der Waals surface area contributed by atoms with Gasteiger partial charge in [-0.15, -0.1) is 0 Å². The summed E-state index contributed by atoms with van der Waals surface area (Å²) in [6.45, 7) is 2.47. The summed E-state index contributed by atoms with van der Waals surface area (Å²) >= 11 is 0. The number of aromatic carboxylic acids is 1. The lowest BCUT2D eigenvalue weighted by Gasteiger charge is -2.13. The number of carboxylic acid groups (broad SMARTS) is 1. The molecular formula is C17H17NO3. The van der Waals surface area contributed by atoms with E-state index in [1.165, 1.54) is 12.1 Å². The first-order valence-corrected chi connectivity index (χ1v) is 6.75. The molecule has 4 nitrogen and oxygen atoms in total. The Balaban J connectivity index is 2.04. The topological polar surface area (TPSA) is 66.4 Å². The Morgan fingerprint density at radius 1 is 1.00 bits per heavy atom. The van der Waals surface area contributed by atoms with Crippen molar-refractivity contribution in [3.63, 3.8) is 0 Å². The van der Waals surface area contributed by atoms with Crippen LogP contribution in [-0.4, -0.2) is 23.5 Å². The molecule has 4 heteroatoms. The van der Waals surface area contributed by atoms with Crippen LogP contribution in [0.1, 0.15) is 39.1 Å². The van der Waals surface area contributed by atoms with Gasteiger partial charge in [-0.1, -0.05) is 49.4 Å². The third-order valence-corrected chi connectivity index (χ3v) is 3.34. The van der Waals surface area contributed by atoms with Crippen molar-refractivity contribution in [2.24, 2.45) is 0 Å². The standard InChI is InChI=1S/C17H17NO3/c1-12(13-7-3-2-4-8-13)11-18-16(19)14-9-5-6-10-15(14)17(20)21/h2-10,12H,11H2,1H3,(H,18,19)(H,20,21)/t12-/m1/s1. The predicted molar refractivity (Wildman–Crippen MR) is 80.6 cm³/mol. The summed E-state index contributed by atoms with van der Waals surface area (Å²) in [5.41, 5.74) is 1.33. The second kappa shape index (κ2) is 6.70. The monoisotopic (exact) mass is 283 g/mol. The minimum absolute atomic E-state index is 0.0161. The molecule has 2 N–H and O–H groups in total. The van der Waals surface area contributed by atoms with E-state index in [-0.39, 0.29) is 23.0 Å². The molecule has 0 radical (unpaired) electrons. The van der Waals surface area contributed by atoms with Crippen molar-refractivity contribution < 1.29 is 14.7 Å². The summed E-state index contributed by atoms with van der Waals surface area (Å²) in [7, 11) is 0. The van der Waals surface area contributed by atoms with Crippen molar-refractivity contribution in [2.75, 3.05) is 6.54 Å². The van der Waals surface area contributed by atoms with Gasteiger partial charge in [-0.3, -0.25) is 4.79 Å². The third-order valence-electron chi connectivity index (χ3n) is 3.34. The first-order valence-electron chi connectivity index (χ1n) is 6.75. The van der Waals surface area contributed by atoms with Gasteiger partial charge in [-0.2, -0.15) is 0 Å². The van der Waals surface area contributed by atoms with Gasteiger partial charge in [0.2, 0.25) is 0 Å². The number of nitrogens with one attached hydrogen (secondary N) is 1. The maximum absolute atomic E-state index is 12.1. The van der Waals surface area contributed by atoms with Crippen LogP contribution in [0.4, 0.5) is 0 Å². The summed E-state index contributed by atoms with van der Waals surface area (Å²) < 4.78 is 0. The Bertz CT molecular complexity index is 637. The van der Waals surface area contributed by atoms with E-state index in [9.17, 15) is 9.59 Å². The molecule has 1 amide bonds. The molecule has 0 fully saturated rings. The summed E-state index contributed by atoms with van der Waals surface area (Å²) in [6, 6.07) is 16.1. The number of carbonyl (C=O) groups is 2. The van der Waals surface area contributed by atoms with E-state index in [0.29, 0.717) is 6.54 Å². The maximum Gasteiger partial charge on any atom is 0.336 e. The number of hydrogen-bond donors (Lipinski definition) is 2. The second-order valence-corrected chi connectivity index (χ2v) is 4.87. The highest BCUT2D eigenvalue weighted by Gasteiger charge is 2.16. The highest BCUT2D eigenvalue weighted by molar-refractivity contribution is 6.04. The molecule has 2 aromatic rings. The number of benzene rings is 2. The predicted octanol–water partition coefficient (Wildman–Crippen LogP) is 2.92. The summed E-state index contributed by atoms with van der Waals surface area (Å²) in [5.74, 6) is -1.31. The van der Waals surface area contributed by atoms with Crippen molar-refractivity contribution in [2.45, 2.75) is 12.8 Å². The molecule has 0 heterocycles. The van der Waals surface area contributed by atoms with E-state index in [4.69, 9.17) is 5.11 Å². The van der Waals surface area contributed by atoms with Crippen LogP contribution >= 0.6 is 0 Å². The average Bonchev–Trinajstić information content (AvgIpc) is 2.53. The third kappa shape index (κ3) is 3.69. The van der Waals surface area contributed by atoms with Crippen LogP contribution < -0.4 is 5.32 Å². The lowest BCUT2D eigenvalue weighted by molar-refractivity contribution is 0.0691. The van der Waals surface area contributed by atoms with Gasteiger partial charge in [-0.25, -0.2) is 4.79 Å². The largest absolute Gasteiger partial charge is 0.478 e. The number of amides is 1. The van der Waals surface area contributed by atoms with Crippen LogP contribution in [0.5, 0.6) is 0 Å². The molecule has 2 aromatic carbocycles. The molecule has 0 aliphatic heterocycles. The molecule has 0 bridgehead atoms. The number of hydrogen-bond acceptors (Lipinski definition) is 2. The zero-order valence-electron chi connectivity index (χ0n) is 11.7. The Kier molecular flexibility index (Phi) is 4.72. The van der Waals surface area contributed by atoms with Gasteiger partial charge in [0.05, 0.1) is 11.1 Å². The van der Waals surface area contributed by atoms with Crippen molar-refractivity contribution in [3.05, 3.63) is 71.3 Å². The van der Waals surface area contributed by atoms with Crippen LogP contribution in [-0.2, 0) is 0 Å². The van der Waals surface area contributed by atoms with Crippen molar-refractivity contribution in [1.82, 2.24) is 5.32 Å². The fraction of sp³-hybridized carbons (Fsp3) is 0.176. The van der Waals surface area contributed by atoms with E-state index in [1.807, 2.05) is 37.3 Å². The van der Waals surface area contributed by atoms with Gasteiger partial charge < -0.3 is 10.4 Å². The van der Waals surface area contributed by atoms with Gasteiger partial charge in [0, 0.05) is 6.54 Å². The van der Waals surface area contributed by atoms with E-state index in [1.54, 1.807) is 12.1 Å². The zero-order chi connectivity index (χ0) is 15.2. The average molecular weight is 283 g/mol. The molecule has 0 spiro atoms. The summed E-state index contributed by atoms with van der Waals surface area (Å²) in [5, 5.41) is 11.9. The van der Waals surface area contributed by atoms with Crippen LogP contribution in [0.3, 0.4) is 0 Å². The lowest BCUT2D eigenvalue weighted by Crippen LogP contribution is -2.28.